The number of fused-ring (bicyclic) bond motifs is 1. The fourth-order valence-corrected chi connectivity index (χ4v) is 2.77. The molecule has 0 atom stereocenters. The third-order valence-corrected chi connectivity index (χ3v) is 4.13. The molecule has 0 amide bonds. The maximum absolute atomic E-state index is 9.04. The number of aliphatic hydroxyl groups excluding tert-OH is 1. The Morgan fingerprint density at radius 2 is 1.87 bits per heavy atom. The molecule has 0 spiro atoms. The van der Waals surface area contributed by atoms with E-state index in [4.69, 9.17) is 21.4 Å². The van der Waals surface area contributed by atoms with Crippen molar-refractivity contribution in [3.63, 3.8) is 0 Å². The van der Waals surface area contributed by atoms with Crippen LogP contribution in [-0.4, -0.2) is 24.8 Å². The van der Waals surface area contributed by atoms with Crippen LogP contribution in [0.25, 0.3) is 6.08 Å². The molecular weight excluding hydrogens is 310 g/mol. The lowest BCUT2D eigenvalue weighted by atomic mass is 10.1. The minimum atomic E-state index is 0.0954. The van der Waals surface area contributed by atoms with Gasteiger partial charge in [-0.3, -0.25) is 0 Å². The van der Waals surface area contributed by atoms with Crippen molar-refractivity contribution in [3.05, 3.63) is 69.8 Å². The molecule has 1 heterocycles. The van der Waals surface area contributed by atoms with Crippen LogP contribution in [0.2, 0.25) is 5.02 Å². The molecule has 2 N–H and O–H groups in total. The molecule has 3 nitrogen and oxygen atoms in total. The van der Waals surface area contributed by atoms with Gasteiger partial charge < -0.3 is 15.2 Å². The average molecular weight is 330 g/mol. The quantitative estimate of drug-likeness (QED) is 0.798. The summed E-state index contributed by atoms with van der Waals surface area (Å²) in [5, 5.41) is 13.2. The van der Waals surface area contributed by atoms with Gasteiger partial charge in [0.25, 0.3) is 0 Å². The molecule has 0 aliphatic carbocycles. The molecule has 2 aromatic rings. The van der Waals surface area contributed by atoms with E-state index < -0.39 is 0 Å². The summed E-state index contributed by atoms with van der Waals surface area (Å²) >= 11 is 6.02. The first-order valence-corrected chi connectivity index (χ1v) is 8.13. The molecule has 1 aliphatic rings. The zero-order valence-electron chi connectivity index (χ0n) is 12.9. The van der Waals surface area contributed by atoms with E-state index in [0.717, 1.165) is 41.4 Å². The Balaban J connectivity index is 1.49. The fraction of sp³-hybridized carbons (Fsp3) is 0.263. The van der Waals surface area contributed by atoms with Gasteiger partial charge in [-0.2, -0.15) is 0 Å². The highest BCUT2D eigenvalue weighted by Crippen LogP contribution is 2.28. The van der Waals surface area contributed by atoms with Gasteiger partial charge in [-0.25, -0.2) is 0 Å². The summed E-state index contributed by atoms with van der Waals surface area (Å²) in [7, 11) is 0. The van der Waals surface area contributed by atoms with Gasteiger partial charge in [-0.1, -0.05) is 35.9 Å². The number of halogens is 1. The highest BCUT2D eigenvalue weighted by atomic mass is 35.5. The van der Waals surface area contributed by atoms with E-state index in [9.17, 15) is 0 Å². The van der Waals surface area contributed by atoms with Crippen LogP contribution in [0.15, 0.2) is 48.0 Å². The molecule has 0 bridgehead atoms. The zero-order valence-corrected chi connectivity index (χ0v) is 13.6. The maximum Gasteiger partial charge on any atom is 0.127 e. The standard InChI is InChI=1S/C19H20ClNO2/c20-18-5-6-19-17(10-18)9-16(13-23-19)11-21-8-7-14-1-3-15(12-22)4-2-14/h1-6,9-10,21-22H,7-8,11-13H2. The summed E-state index contributed by atoms with van der Waals surface area (Å²) in [6, 6.07) is 13.7. The van der Waals surface area contributed by atoms with E-state index in [0.29, 0.717) is 6.61 Å². The van der Waals surface area contributed by atoms with Crippen LogP contribution >= 0.6 is 11.6 Å². The molecule has 1 aliphatic heterocycles. The number of benzene rings is 2. The molecular formula is C19H20ClNO2. The summed E-state index contributed by atoms with van der Waals surface area (Å²) in [6.45, 7) is 2.42. The molecule has 0 fully saturated rings. The van der Waals surface area contributed by atoms with Crippen LogP contribution in [0.1, 0.15) is 16.7 Å². The van der Waals surface area contributed by atoms with Gasteiger partial charge in [0.1, 0.15) is 12.4 Å². The van der Waals surface area contributed by atoms with Gasteiger partial charge in [0.2, 0.25) is 0 Å². The van der Waals surface area contributed by atoms with Crippen LogP contribution in [0, 0.1) is 0 Å². The van der Waals surface area contributed by atoms with Crippen LogP contribution in [0.4, 0.5) is 0 Å². The predicted molar refractivity (Wildman–Crippen MR) is 93.9 cm³/mol. The van der Waals surface area contributed by atoms with E-state index in [2.05, 4.69) is 23.5 Å². The summed E-state index contributed by atoms with van der Waals surface area (Å²) in [4.78, 5) is 0. The van der Waals surface area contributed by atoms with E-state index in [1.165, 1.54) is 11.1 Å². The zero-order chi connectivity index (χ0) is 16.1. The smallest absolute Gasteiger partial charge is 0.127 e. The molecule has 2 aromatic carbocycles. The Labute approximate surface area is 141 Å². The van der Waals surface area contributed by atoms with Crippen LogP contribution in [0.5, 0.6) is 5.75 Å². The Hall–Kier alpha value is -1.81. The SMILES string of the molecule is OCc1ccc(CCNCC2=Cc3cc(Cl)ccc3OC2)cc1. The van der Waals surface area contributed by atoms with Crippen molar-refractivity contribution < 1.29 is 9.84 Å². The second-order valence-corrected chi connectivity index (χ2v) is 6.11. The Morgan fingerprint density at radius 3 is 2.65 bits per heavy atom. The van der Waals surface area contributed by atoms with Crippen molar-refractivity contribution in [2.45, 2.75) is 13.0 Å². The van der Waals surface area contributed by atoms with Crippen LogP contribution in [0.3, 0.4) is 0 Å². The van der Waals surface area contributed by atoms with E-state index >= 15 is 0 Å². The van der Waals surface area contributed by atoms with Crippen molar-refractivity contribution in [2.75, 3.05) is 19.7 Å². The number of ether oxygens (including phenoxy) is 1. The molecule has 0 saturated heterocycles. The predicted octanol–water partition coefficient (Wildman–Crippen LogP) is 3.44. The van der Waals surface area contributed by atoms with E-state index in [1.807, 2.05) is 30.3 Å². The highest BCUT2D eigenvalue weighted by Gasteiger charge is 2.11. The van der Waals surface area contributed by atoms with Crippen molar-refractivity contribution >= 4 is 17.7 Å². The van der Waals surface area contributed by atoms with E-state index in [1.54, 1.807) is 0 Å². The summed E-state index contributed by atoms with van der Waals surface area (Å²) < 4.78 is 5.74. The monoisotopic (exact) mass is 329 g/mol. The van der Waals surface area contributed by atoms with Gasteiger partial charge in [0.15, 0.2) is 0 Å². The molecule has 3 rings (SSSR count). The molecule has 120 valence electrons. The van der Waals surface area contributed by atoms with Crippen LogP contribution < -0.4 is 10.1 Å². The average Bonchev–Trinajstić information content (AvgIpc) is 2.59. The normalized spacial score (nSPS) is 13.2. The minimum Gasteiger partial charge on any atom is -0.489 e. The molecule has 4 heteroatoms. The maximum atomic E-state index is 9.04. The largest absolute Gasteiger partial charge is 0.489 e. The Bertz CT molecular complexity index is 695. The summed E-state index contributed by atoms with van der Waals surface area (Å²) in [5.41, 5.74) is 4.47. The van der Waals surface area contributed by atoms with Crippen molar-refractivity contribution in [1.82, 2.24) is 5.32 Å². The van der Waals surface area contributed by atoms with Crippen molar-refractivity contribution in [1.29, 1.82) is 0 Å². The number of rotatable bonds is 6. The Kier molecular flexibility index (Phi) is 5.34. The molecule has 0 saturated carbocycles. The lowest BCUT2D eigenvalue weighted by Crippen LogP contribution is -2.23. The number of nitrogens with one attached hydrogen (secondary N) is 1. The first-order chi connectivity index (χ1) is 11.2. The van der Waals surface area contributed by atoms with E-state index in [-0.39, 0.29) is 6.61 Å². The molecule has 23 heavy (non-hydrogen) atoms. The number of hydrogen-bond donors (Lipinski definition) is 2. The molecule has 0 unspecified atom stereocenters. The fourth-order valence-electron chi connectivity index (χ4n) is 2.59. The Morgan fingerprint density at radius 1 is 1.09 bits per heavy atom. The number of aliphatic hydroxyl groups is 1. The van der Waals surface area contributed by atoms with Gasteiger partial charge in [-0.05, 0) is 53.9 Å². The van der Waals surface area contributed by atoms with Gasteiger partial charge in [-0.15, -0.1) is 0 Å². The van der Waals surface area contributed by atoms with Crippen LogP contribution in [-0.2, 0) is 13.0 Å². The van der Waals surface area contributed by atoms with Gasteiger partial charge in [0, 0.05) is 17.1 Å². The summed E-state index contributed by atoms with van der Waals surface area (Å²) in [5.74, 6) is 0.891. The first-order valence-electron chi connectivity index (χ1n) is 7.76. The topological polar surface area (TPSA) is 41.5 Å². The summed E-state index contributed by atoms with van der Waals surface area (Å²) in [6.07, 6.45) is 3.11. The minimum absolute atomic E-state index is 0.0954. The third kappa shape index (κ3) is 4.35. The number of hydrogen-bond acceptors (Lipinski definition) is 3. The molecule has 0 radical (unpaired) electrons. The van der Waals surface area contributed by atoms with Gasteiger partial charge >= 0.3 is 0 Å². The molecule has 0 aromatic heterocycles. The first kappa shape index (κ1) is 16.1. The van der Waals surface area contributed by atoms with Crippen molar-refractivity contribution in [3.8, 4) is 5.75 Å². The lowest BCUT2D eigenvalue weighted by molar-refractivity contribution is 0.282. The lowest BCUT2D eigenvalue weighted by Gasteiger charge is -2.18. The van der Waals surface area contributed by atoms with Crippen molar-refractivity contribution in [2.24, 2.45) is 0 Å². The van der Waals surface area contributed by atoms with Gasteiger partial charge in [0.05, 0.1) is 6.61 Å². The second-order valence-electron chi connectivity index (χ2n) is 5.67. The second kappa shape index (κ2) is 7.64. The highest BCUT2D eigenvalue weighted by molar-refractivity contribution is 6.30. The third-order valence-electron chi connectivity index (χ3n) is 3.89.